The molecule has 1 heteroatoms. The van der Waals surface area contributed by atoms with E-state index in [1.165, 1.54) is 0 Å². The van der Waals surface area contributed by atoms with Crippen LogP contribution >= 0.6 is 0 Å². The second kappa shape index (κ2) is 5.69. The van der Waals surface area contributed by atoms with E-state index in [0.29, 0.717) is 0 Å². The molecule has 0 aliphatic rings. The van der Waals surface area contributed by atoms with Gasteiger partial charge in [0.2, 0.25) is 0 Å². The highest BCUT2D eigenvalue weighted by atomic mass is 19.1. The minimum absolute atomic E-state index is 0.205. The van der Waals surface area contributed by atoms with Crippen molar-refractivity contribution in [3.8, 4) is 22.3 Å². The van der Waals surface area contributed by atoms with Crippen LogP contribution in [0.3, 0.4) is 0 Å². The van der Waals surface area contributed by atoms with Crippen molar-refractivity contribution in [3.63, 3.8) is 0 Å². The molecule has 0 aromatic heterocycles. The number of rotatable bonds is 2. The Bertz CT molecular complexity index is 957. The topological polar surface area (TPSA) is 0 Å². The van der Waals surface area contributed by atoms with Gasteiger partial charge in [-0.1, -0.05) is 72.8 Å². The molecule has 0 N–H and O–H groups in total. The van der Waals surface area contributed by atoms with Crippen molar-refractivity contribution in [2.24, 2.45) is 0 Å². The summed E-state index contributed by atoms with van der Waals surface area (Å²) in [6.45, 7) is 0. The Labute approximate surface area is 134 Å². The third kappa shape index (κ3) is 2.62. The van der Waals surface area contributed by atoms with Crippen LogP contribution in [0.15, 0.2) is 91.0 Å². The lowest BCUT2D eigenvalue weighted by atomic mass is 9.94. The Balaban J connectivity index is 1.98. The van der Waals surface area contributed by atoms with Crippen LogP contribution in [-0.2, 0) is 0 Å². The van der Waals surface area contributed by atoms with Crippen molar-refractivity contribution < 1.29 is 4.39 Å². The predicted molar refractivity (Wildman–Crippen MR) is 94.8 cm³/mol. The highest BCUT2D eigenvalue weighted by Crippen LogP contribution is 2.33. The molecule has 110 valence electrons. The Morgan fingerprint density at radius 3 is 1.87 bits per heavy atom. The first-order valence-corrected chi connectivity index (χ1v) is 7.65. The first-order valence-electron chi connectivity index (χ1n) is 7.65. The maximum atomic E-state index is 14.0. The van der Waals surface area contributed by atoms with Crippen LogP contribution in [0.25, 0.3) is 33.0 Å². The molecule has 0 amide bonds. The van der Waals surface area contributed by atoms with E-state index in [1.54, 1.807) is 12.1 Å². The van der Waals surface area contributed by atoms with Gasteiger partial charge in [-0.25, -0.2) is 4.39 Å². The molecule has 0 saturated carbocycles. The van der Waals surface area contributed by atoms with Crippen molar-refractivity contribution >= 4 is 10.8 Å². The largest absolute Gasteiger partial charge is 0.207 e. The average molecular weight is 298 g/mol. The zero-order valence-corrected chi connectivity index (χ0v) is 12.5. The summed E-state index contributed by atoms with van der Waals surface area (Å²) in [6, 6.07) is 29.6. The second-order valence-electron chi connectivity index (χ2n) is 5.62. The molecule has 0 saturated heterocycles. The van der Waals surface area contributed by atoms with Gasteiger partial charge in [0.05, 0.1) is 0 Å². The lowest BCUT2D eigenvalue weighted by Gasteiger charge is -2.10. The Hall–Kier alpha value is -2.93. The third-order valence-corrected chi connectivity index (χ3v) is 4.11. The van der Waals surface area contributed by atoms with Gasteiger partial charge in [-0.3, -0.25) is 0 Å². The average Bonchev–Trinajstić information content (AvgIpc) is 2.62. The van der Waals surface area contributed by atoms with E-state index in [0.717, 1.165) is 33.0 Å². The molecule has 4 rings (SSSR count). The van der Waals surface area contributed by atoms with E-state index in [-0.39, 0.29) is 5.82 Å². The molecule has 0 unspecified atom stereocenters. The van der Waals surface area contributed by atoms with Crippen molar-refractivity contribution in [1.82, 2.24) is 0 Å². The van der Waals surface area contributed by atoms with Crippen LogP contribution in [-0.4, -0.2) is 0 Å². The van der Waals surface area contributed by atoms with E-state index < -0.39 is 0 Å². The van der Waals surface area contributed by atoms with Crippen LogP contribution in [0.4, 0.5) is 4.39 Å². The van der Waals surface area contributed by atoms with Gasteiger partial charge < -0.3 is 0 Å². The molecule has 4 aromatic carbocycles. The van der Waals surface area contributed by atoms with Gasteiger partial charge in [-0.2, -0.15) is 0 Å². The predicted octanol–water partition coefficient (Wildman–Crippen LogP) is 6.31. The van der Waals surface area contributed by atoms with Gasteiger partial charge in [0, 0.05) is 0 Å². The van der Waals surface area contributed by atoms with Crippen molar-refractivity contribution in [2.75, 3.05) is 0 Å². The molecule has 0 radical (unpaired) electrons. The molecule has 0 heterocycles. The molecule has 0 spiro atoms. The monoisotopic (exact) mass is 298 g/mol. The summed E-state index contributed by atoms with van der Waals surface area (Å²) in [5.41, 5.74) is 4.26. The molecule has 0 nitrogen and oxygen atoms in total. The fourth-order valence-corrected chi connectivity index (χ4v) is 2.99. The summed E-state index contributed by atoms with van der Waals surface area (Å²) in [5, 5.41) is 1.99. The second-order valence-corrected chi connectivity index (χ2v) is 5.62. The summed E-state index contributed by atoms with van der Waals surface area (Å²) < 4.78 is 14.0. The number of fused-ring (bicyclic) bond motifs is 1. The van der Waals surface area contributed by atoms with Crippen LogP contribution in [0.1, 0.15) is 0 Å². The van der Waals surface area contributed by atoms with E-state index in [4.69, 9.17) is 0 Å². The minimum atomic E-state index is -0.205. The lowest BCUT2D eigenvalue weighted by molar-refractivity contribution is 0.630. The van der Waals surface area contributed by atoms with Gasteiger partial charge in [0.1, 0.15) is 5.82 Å². The molecule has 0 aliphatic carbocycles. The van der Waals surface area contributed by atoms with E-state index >= 15 is 0 Å². The van der Waals surface area contributed by atoms with Crippen molar-refractivity contribution in [2.45, 2.75) is 0 Å². The molecule has 0 aliphatic heterocycles. The van der Waals surface area contributed by atoms with Crippen LogP contribution in [0.5, 0.6) is 0 Å². The van der Waals surface area contributed by atoms with Gasteiger partial charge in [0.25, 0.3) is 0 Å². The van der Waals surface area contributed by atoms with Crippen LogP contribution < -0.4 is 0 Å². The van der Waals surface area contributed by atoms with Gasteiger partial charge in [0.15, 0.2) is 0 Å². The summed E-state index contributed by atoms with van der Waals surface area (Å²) in [4.78, 5) is 0. The Kier molecular flexibility index (Phi) is 3.39. The highest BCUT2D eigenvalue weighted by molar-refractivity contribution is 5.99. The number of halogens is 1. The highest BCUT2D eigenvalue weighted by Gasteiger charge is 2.08. The third-order valence-electron chi connectivity index (χ3n) is 4.11. The molecule has 0 atom stereocenters. The van der Waals surface area contributed by atoms with Gasteiger partial charge in [-0.05, 0) is 51.2 Å². The fourth-order valence-electron chi connectivity index (χ4n) is 2.99. The normalized spacial score (nSPS) is 10.8. The van der Waals surface area contributed by atoms with E-state index in [9.17, 15) is 4.39 Å². The Morgan fingerprint density at radius 2 is 1.17 bits per heavy atom. The van der Waals surface area contributed by atoms with Crippen molar-refractivity contribution in [1.29, 1.82) is 0 Å². The molecule has 4 aromatic rings. The first kappa shape index (κ1) is 13.7. The van der Waals surface area contributed by atoms with E-state index in [1.807, 2.05) is 60.7 Å². The first-order chi connectivity index (χ1) is 11.3. The molecular weight excluding hydrogens is 283 g/mol. The summed E-state index contributed by atoms with van der Waals surface area (Å²) in [5.74, 6) is -0.205. The maximum Gasteiger partial charge on any atom is 0.124 e. The Morgan fingerprint density at radius 1 is 0.522 bits per heavy atom. The summed E-state index contributed by atoms with van der Waals surface area (Å²) in [7, 11) is 0. The zero-order chi connectivity index (χ0) is 15.6. The zero-order valence-electron chi connectivity index (χ0n) is 12.5. The lowest BCUT2D eigenvalue weighted by Crippen LogP contribution is -1.86. The maximum absolute atomic E-state index is 14.0. The van der Waals surface area contributed by atoms with E-state index in [2.05, 4.69) is 18.2 Å². The van der Waals surface area contributed by atoms with Crippen LogP contribution in [0, 0.1) is 5.82 Å². The quantitative estimate of drug-likeness (QED) is 0.406. The fraction of sp³-hybridized carbons (Fsp3) is 0. The number of hydrogen-bond donors (Lipinski definition) is 0. The minimum Gasteiger partial charge on any atom is -0.207 e. The van der Waals surface area contributed by atoms with Gasteiger partial charge in [-0.15, -0.1) is 0 Å². The number of benzene rings is 4. The standard InChI is InChI=1S/C22H15F/c23-20-13-19-12-11-18(16-7-3-1-4-8-16)14-21(19)22(15-20)17-9-5-2-6-10-17/h1-15H. The SMILES string of the molecule is Fc1cc(-c2ccccc2)c2cc(-c3ccccc3)ccc2c1. The van der Waals surface area contributed by atoms with Crippen LogP contribution in [0.2, 0.25) is 0 Å². The smallest absolute Gasteiger partial charge is 0.124 e. The summed E-state index contributed by atoms with van der Waals surface area (Å²) in [6.07, 6.45) is 0. The van der Waals surface area contributed by atoms with Gasteiger partial charge >= 0.3 is 0 Å². The molecule has 0 bridgehead atoms. The summed E-state index contributed by atoms with van der Waals surface area (Å²) >= 11 is 0. The molecule has 23 heavy (non-hydrogen) atoms. The molecular formula is C22H15F. The molecule has 0 fully saturated rings. The van der Waals surface area contributed by atoms with Crippen molar-refractivity contribution in [3.05, 3.63) is 96.8 Å². The number of hydrogen-bond acceptors (Lipinski definition) is 0.